The van der Waals surface area contributed by atoms with Gasteiger partial charge in [-0.05, 0) is 24.6 Å². The fraction of sp³-hybridized carbons (Fsp3) is 0.182. The zero-order chi connectivity index (χ0) is 25.3. The van der Waals surface area contributed by atoms with Crippen LogP contribution in [-0.4, -0.2) is 43.0 Å². The van der Waals surface area contributed by atoms with E-state index in [1.807, 2.05) is 0 Å². The second kappa shape index (κ2) is 9.46. The van der Waals surface area contributed by atoms with E-state index in [0.717, 1.165) is 22.1 Å². The highest BCUT2D eigenvalue weighted by Crippen LogP contribution is 2.19. The number of hydrogen-bond donors (Lipinski definition) is 2. The summed E-state index contributed by atoms with van der Waals surface area (Å²) in [5.41, 5.74) is -0.848. The summed E-state index contributed by atoms with van der Waals surface area (Å²) in [7, 11) is 1.27. The van der Waals surface area contributed by atoms with Gasteiger partial charge in [0, 0.05) is 18.3 Å². The molecular weight excluding hydrogens is 481 g/mol. The zero-order valence-corrected chi connectivity index (χ0v) is 19.3. The summed E-state index contributed by atoms with van der Waals surface area (Å²) in [4.78, 5) is 58.4. The second-order valence-electron chi connectivity index (χ2n) is 7.39. The minimum Gasteiger partial charge on any atom is -0.493 e. The third-order valence-corrected chi connectivity index (χ3v) is 6.32. The van der Waals surface area contributed by atoms with Crippen LogP contribution < -0.4 is 21.3 Å². The minimum atomic E-state index is -1.35. The number of ether oxygens (including phenoxy) is 1. The van der Waals surface area contributed by atoms with Crippen LogP contribution in [0.4, 0.5) is 4.39 Å². The van der Waals surface area contributed by atoms with Gasteiger partial charge in [-0.1, -0.05) is 12.1 Å². The first kappa shape index (κ1) is 23.8. The fourth-order valence-corrected chi connectivity index (χ4v) is 4.31. The quantitative estimate of drug-likeness (QED) is 0.389. The number of benzene rings is 1. The van der Waals surface area contributed by atoms with Gasteiger partial charge in [0.15, 0.2) is 11.4 Å². The molecule has 0 saturated heterocycles. The fourth-order valence-electron chi connectivity index (χ4n) is 3.31. The number of fused-ring (bicyclic) bond motifs is 1. The number of carboxylic acids is 1. The van der Waals surface area contributed by atoms with Crippen LogP contribution in [0.1, 0.15) is 37.1 Å². The summed E-state index contributed by atoms with van der Waals surface area (Å²) in [6, 6.07) is 5.65. The Morgan fingerprint density at radius 3 is 2.60 bits per heavy atom. The van der Waals surface area contributed by atoms with Crippen molar-refractivity contribution in [3.63, 3.8) is 0 Å². The van der Waals surface area contributed by atoms with Crippen molar-refractivity contribution >= 4 is 28.0 Å². The molecule has 4 aromatic rings. The predicted octanol–water partition coefficient (Wildman–Crippen LogP) is 1.45. The Hall–Kier alpha value is -4.39. The number of aromatic carboxylic acids is 1. The molecule has 13 heteroatoms. The highest BCUT2D eigenvalue weighted by Gasteiger charge is 2.20. The van der Waals surface area contributed by atoms with E-state index in [4.69, 9.17) is 4.74 Å². The van der Waals surface area contributed by atoms with Crippen LogP contribution in [-0.2, 0) is 13.1 Å². The first-order chi connectivity index (χ1) is 16.7. The summed E-state index contributed by atoms with van der Waals surface area (Å²) in [6.45, 7) is 1.28. The molecule has 1 aromatic carbocycles. The summed E-state index contributed by atoms with van der Waals surface area (Å²) in [6.07, 6.45) is 2.47. The van der Waals surface area contributed by atoms with E-state index >= 15 is 0 Å². The van der Waals surface area contributed by atoms with Crippen LogP contribution in [0.15, 0.2) is 46.2 Å². The molecule has 3 heterocycles. The lowest BCUT2D eigenvalue weighted by Crippen LogP contribution is -2.39. The molecule has 180 valence electrons. The van der Waals surface area contributed by atoms with E-state index in [9.17, 15) is 28.7 Å². The van der Waals surface area contributed by atoms with E-state index in [2.05, 4.69) is 15.3 Å². The van der Waals surface area contributed by atoms with E-state index in [-0.39, 0.29) is 40.9 Å². The molecule has 0 aliphatic heterocycles. The van der Waals surface area contributed by atoms with Crippen LogP contribution in [0.25, 0.3) is 4.83 Å². The molecule has 0 spiro atoms. The van der Waals surface area contributed by atoms with Gasteiger partial charge < -0.3 is 15.2 Å². The third-order valence-electron chi connectivity index (χ3n) is 5.11. The molecule has 35 heavy (non-hydrogen) atoms. The Morgan fingerprint density at radius 2 is 1.94 bits per heavy atom. The molecule has 3 aromatic heterocycles. The number of nitrogens with zero attached hydrogens (tertiary/aromatic N) is 4. The van der Waals surface area contributed by atoms with E-state index in [0.29, 0.717) is 10.4 Å². The van der Waals surface area contributed by atoms with E-state index < -0.39 is 28.8 Å². The number of aromatic nitrogens is 4. The van der Waals surface area contributed by atoms with Crippen LogP contribution in [0.5, 0.6) is 5.75 Å². The van der Waals surface area contributed by atoms with E-state index in [1.165, 1.54) is 36.8 Å². The van der Waals surface area contributed by atoms with Crippen LogP contribution >= 0.6 is 11.3 Å². The Labute approximate surface area is 200 Å². The lowest BCUT2D eigenvalue weighted by Gasteiger charge is -2.08. The number of carbonyl (C=O) groups excluding carboxylic acids is 1. The molecule has 1 amide bonds. The van der Waals surface area contributed by atoms with Gasteiger partial charge in [0.2, 0.25) is 0 Å². The molecule has 0 atom stereocenters. The Morgan fingerprint density at radius 1 is 1.23 bits per heavy atom. The minimum absolute atomic E-state index is 0.0638. The molecule has 0 radical (unpaired) electrons. The standard InChI is InChI=1S/C22H18FN5O6S/c1-11-19(30)27(10-16-24-8-14(34-2)17(26-16)21(31)32)22(33)28-9-15(35-20(11)28)18(29)25-7-12-3-5-13(23)6-4-12/h3-6,8-9H,7,10H2,1-2H3,(H,25,29)(H,31,32). The van der Waals surface area contributed by atoms with Crippen LogP contribution in [0.3, 0.4) is 0 Å². The van der Waals surface area contributed by atoms with E-state index in [1.54, 1.807) is 12.1 Å². The lowest BCUT2D eigenvalue weighted by atomic mass is 10.2. The SMILES string of the molecule is COc1cnc(Cn2c(=O)c(C)c3sc(C(=O)NCc4ccc(F)cc4)cn3c2=O)nc1C(=O)O. The first-order valence-corrected chi connectivity index (χ1v) is 10.9. The largest absolute Gasteiger partial charge is 0.493 e. The Bertz CT molecular complexity index is 1570. The summed E-state index contributed by atoms with van der Waals surface area (Å²) in [5, 5.41) is 12.0. The highest BCUT2D eigenvalue weighted by atomic mass is 32.1. The molecule has 0 fully saturated rings. The average Bonchev–Trinajstić information content (AvgIpc) is 3.30. The number of halogens is 1. The van der Waals surface area contributed by atoms with Crippen molar-refractivity contribution < 1.29 is 23.8 Å². The van der Waals surface area contributed by atoms with Gasteiger partial charge in [0.05, 0.1) is 19.9 Å². The van der Waals surface area contributed by atoms with Crippen molar-refractivity contribution in [2.75, 3.05) is 7.11 Å². The summed E-state index contributed by atoms with van der Waals surface area (Å²) >= 11 is 0.976. The summed E-state index contributed by atoms with van der Waals surface area (Å²) < 4.78 is 20.0. The number of carboxylic acid groups (broad SMARTS) is 1. The number of thiazole rings is 1. The maximum Gasteiger partial charge on any atom is 0.358 e. The van der Waals surface area contributed by atoms with Crippen molar-refractivity contribution in [3.05, 3.63) is 90.8 Å². The van der Waals surface area contributed by atoms with Gasteiger partial charge in [0.1, 0.15) is 21.3 Å². The third kappa shape index (κ3) is 4.66. The lowest BCUT2D eigenvalue weighted by molar-refractivity contribution is 0.0685. The Kier molecular flexibility index (Phi) is 6.42. The van der Waals surface area contributed by atoms with Crippen molar-refractivity contribution in [1.82, 2.24) is 24.3 Å². The molecule has 11 nitrogen and oxygen atoms in total. The zero-order valence-electron chi connectivity index (χ0n) is 18.4. The van der Waals surface area contributed by atoms with Gasteiger partial charge in [-0.3, -0.25) is 18.6 Å². The second-order valence-corrected chi connectivity index (χ2v) is 8.42. The maximum absolute atomic E-state index is 13.1. The number of methoxy groups -OCH3 is 1. The molecule has 4 rings (SSSR count). The molecule has 2 N–H and O–H groups in total. The van der Waals surface area contributed by atoms with Crippen molar-refractivity contribution in [2.24, 2.45) is 0 Å². The van der Waals surface area contributed by atoms with Gasteiger partial charge in [-0.15, -0.1) is 11.3 Å². The predicted molar refractivity (Wildman–Crippen MR) is 123 cm³/mol. The smallest absolute Gasteiger partial charge is 0.358 e. The van der Waals surface area contributed by atoms with Crippen molar-refractivity contribution in [1.29, 1.82) is 0 Å². The number of hydrogen-bond acceptors (Lipinski definition) is 8. The number of rotatable bonds is 7. The van der Waals surface area contributed by atoms with Gasteiger partial charge in [-0.2, -0.15) is 0 Å². The van der Waals surface area contributed by atoms with Crippen LogP contribution in [0.2, 0.25) is 0 Å². The number of carbonyl (C=O) groups is 2. The molecule has 0 bridgehead atoms. The molecule has 0 aliphatic carbocycles. The topological polar surface area (TPSA) is 145 Å². The van der Waals surface area contributed by atoms with Gasteiger partial charge >= 0.3 is 11.7 Å². The Balaban J connectivity index is 1.66. The summed E-state index contributed by atoms with van der Waals surface area (Å²) in [5.74, 6) is -2.35. The molecular formula is C22H18FN5O6S. The van der Waals surface area contributed by atoms with Gasteiger partial charge in [0.25, 0.3) is 11.5 Å². The average molecular weight is 499 g/mol. The monoisotopic (exact) mass is 499 g/mol. The number of nitrogens with one attached hydrogen (secondary N) is 1. The normalized spacial score (nSPS) is 10.9. The first-order valence-electron chi connectivity index (χ1n) is 10.1. The van der Waals surface area contributed by atoms with Gasteiger partial charge in [-0.25, -0.2) is 23.9 Å². The van der Waals surface area contributed by atoms with Crippen molar-refractivity contribution in [3.8, 4) is 5.75 Å². The van der Waals surface area contributed by atoms with Crippen LogP contribution in [0, 0.1) is 12.7 Å². The van der Waals surface area contributed by atoms with Crippen molar-refractivity contribution in [2.45, 2.75) is 20.0 Å². The molecule has 0 saturated carbocycles. The maximum atomic E-state index is 13.1. The molecule has 0 aliphatic rings. The highest BCUT2D eigenvalue weighted by molar-refractivity contribution is 7.19. The molecule has 0 unspecified atom stereocenters. The number of amides is 1. The number of aryl methyl sites for hydroxylation is 1.